The molecule has 2 aromatic rings. The van der Waals surface area contributed by atoms with Gasteiger partial charge in [-0.05, 0) is 64.4 Å². The summed E-state index contributed by atoms with van der Waals surface area (Å²) in [5, 5.41) is 12.4. The molecule has 20 heavy (non-hydrogen) atoms. The van der Waals surface area contributed by atoms with E-state index in [1.807, 2.05) is 46.9 Å². The van der Waals surface area contributed by atoms with Crippen molar-refractivity contribution in [3.05, 3.63) is 57.2 Å². The van der Waals surface area contributed by atoms with E-state index >= 15 is 0 Å². The first-order valence-corrected chi connectivity index (χ1v) is 7.45. The van der Waals surface area contributed by atoms with Crippen molar-refractivity contribution >= 4 is 34.2 Å². The third kappa shape index (κ3) is 3.50. The standard InChI is InChI=1S/C16H16INO2/c1-10(2)11-3-6-13(7-4-11)18-16(20)12-5-8-14(17)15(19)9-12/h3-10,19H,1-2H3,(H,18,20). The fraction of sp³-hybridized carbons (Fsp3) is 0.188. The lowest BCUT2D eigenvalue weighted by atomic mass is 10.0. The van der Waals surface area contributed by atoms with E-state index < -0.39 is 0 Å². The van der Waals surface area contributed by atoms with E-state index in [-0.39, 0.29) is 11.7 Å². The molecule has 4 heteroatoms. The Morgan fingerprint density at radius 3 is 2.35 bits per heavy atom. The van der Waals surface area contributed by atoms with E-state index in [1.54, 1.807) is 12.1 Å². The van der Waals surface area contributed by atoms with Crippen LogP contribution in [0.4, 0.5) is 5.69 Å². The van der Waals surface area contributed by atoms with Gasteiger partial charge in [-0.3, -0.25) is 4.79 Å². The van der Waals surface area contributed by atoms with Gasteiger partial charge in [0.1, 0.15) is 5.75 Å². The number of carbonyl (C=O) groups excluding carboxylic acids is 1. The molecule has 1 amide bonds. The highest BCUT2D eigenvalue weighted by Gasteiger charge is 2.09. The number of nitrogens with one attached hydrogen (secondary N) is 1. The highest BCUT2D eigenvalue weighted by atomic mass is 127. The van der Waals surface area contributed by atoms with Gasteiger partial charge in [-0.15, -0.1) is 0 Å². The lowest BCUT2D eigenvalue weighted by Crippen LogP contribution is -2.11. The zero-order valence-corrected chi connectivity index (χ0v) is 13.5. The van der Waals surface area contributed by atoms with Gasteiger partial charge in [0.05, 0.1) is 3.57 Å². The maximum absolute atomic E-state index is 12.1. The molecule has 0 saturated carbocycles. The van der Waals surface area contributed by atoms with Crippen LogP contribution in [0.2, 0.25) is 0 Å². The van der Waals surface area contributed by atoms with Crippen molar-refractivity contribution in [3.8, 4) is 5.75 Å². The third-order valence-corrected chi connectivity index (χ3v) is 3.96. The molecule has 2 aromatic carbocycles. The zero-order valence-electron chi connectivity index (χ0n) is 11.4. The lowest BCUT2D eigenvalue weighted by molar-refractivity contribution is 0.102. The molecule has 0 aliphatic rings. The van der Waals surface area contributed by atoms with Crippen LogP contribution < -0.4 is 5.32 Å². The van der Waals surface area contributed by atoms with Crippen molar-refractivity contribution in [2.24, 2.45) is 0 Å². The summed E-state index contributed by atoms with van der Waals surface area (Å²) < 4.78 is 0.723. The molecule has 0 aromatic heterocycles. The number of rotatable bonds is 3. The number of hydrogen-bond acceptors (Lipinski definition) is 2. The van der Waals surface area contributed by atoms with Crippen LogP contribution in [0.15, 0.2) is 42.5 Å². The second-order valence-electron chi connectivity index (χ2n) is 4.90. The summed E-state index contributed by atoms with van der Waals surface area (Å²) in [7, 11) is 0. The van der Waals surface area contributed by atoms with Crippen LogP contribution >= 0.6 is 22.6 Å². The molecule has 2 rings (SSSR count). The summed E-state index contributed by atoms with van der Waals surface area (Å²) in [6.45, 7) is 4.25. The number of hydrogen-bond donors (Lipinski definition) is 2. The van der Waals surface area contributed by atoms with Crippen molar-refractivity contribution < 1.29 is 9.90 Å². The SMILES string of the molecule is CC(C)c1ccc(NC(=O)c2ccc(I)c(O)c2)cc1. The predicted molar refractivity (Wildman–Crippen MR) is 89.3 cm³/mol. The molecule has 0 atom stereocenters. The Hall–Kier alpha value is -1.56. The first-order chi connectivity index (χ1) is 9.47. The van der Waals surface area contributed by atoms with Gasteiger partial charge in [-0.1, -0.05) is 26.0 Å². The number of aromatic hydroxyl groups is 1. The quantitative estimate of drug-likeness (QED) is 0.776. The normalized spacial score (nSPS) is 10.6. The van der Waals surface area contributed by atoms with Crippen LogP contribution in [0.3, 0.4) is 0 Å². The number of halogens is 1. The molecular formula is C16H16INO2. The van der Waals surface area contributed by atoms with Gasteiger partial charge >= 0.3 is 0 Å². The maximum Gasteiger partial charge on any atom is 0.255 e. The lowest BCUT2D eigenvalue weighted by Gasteiger charge is -2.09. The summed E-state index contributed by atoms with van der Waals surface area (Å²) in [5.41, 5.74) is 2.42. The Kier molecular flexibility index (Phi) is 4.65. The van der Waals surface area contributed by atoms with Gasteiger partial charge in [-0.2, -0.15) is 0 Å². The Morgan fingerprint density at radius 2 is 1.80 bits per heavy atom. The van der Waals surface area contributed by atoms with E-state index in [2.05, 4.69) is 19.2 Å². The molecule has 0 fully saturated rings. The number of benzene rings is 2. The molecule has 0 heterocycles. The molecule has 3 nitrogen and oxygen atoms in total. The minimum atomic E-state index is -0.228. The molecule has 0 bridgehead atoms. The van der Waals surface area contributed by atoms with E-state index in [0.29, 0.717) is 11.5 Å². The van der Waals surface area contributed by atoms with E-state index in [4.69, 9.17) is 0 Å². The minimum absolute atomic E-state index is 0.119. The summed E-state index contributed by atoms with van der Waals surface area (Å²) in [6, 6.07) is 12.7. The van der Waals surface area contributed by atoms with Crippen molar-refractivity contribution in [3.63, 3.8) is 0 Å². The van der Waals surface area contributed by atoms with Crippen LogP contribution in [-0.4, -0.2) is 11.0 Å². The van der Waals surface area contributed by atoms with Gasteiger partial charge in [0.2, 0.25) is 0 Å². The highest BCUT2D eigenvalue weighted by molar-refractivity contribution is 14.1. The Morgan fingerprint density at radius 1 is 1.15 bits per heavy atom. The summed E-state index contributed by atoms with van der Waals surface area (Å²) >= 11 is 2.02. The van der Waals surface area contributed by atoms with Crippen LogP contribution in [0.25, 0.3) is 0 Å². The second kappa shape index (κ2) is 6.26. The second-order valence-corrected chi connectivity index (χ2v) is 6.06. The average molecular weight is 381 g/mol. The van der Waals surface area contributed by atoms with E-state index in [0.717, 1.165) is 9.26 Å². The maximum atomic E-state index is 12.1. The van der Waals surface area contributed by atoms with Crippen molar-refractivity contribution in [1.29, 1.82) is 0 Å². The highest BCUT2D eigenvalue weighted by Crippen LogP contribution is 2.22. The fourth-order valence-corrected chi connectivity index (χ4v) is 2.14. The van der Waals surface area contributed by atoms with E-state index in [1.165, 1.54) is 11.6 Å². The van der Waals surface area contributed by atoms with Gasteiger partial charge in [-0.25, -0.2) is 0 Å². The smallest absolute Gasteiger partial charge is 0.255 e. The molecule has 104 valence electrons. The van der Waals surface area contributed by atoms with Crippen molar-refractivity contribution in [2.45, 2.75) is 19.8 Å². The Labute approximate surface area is 132 Å². The molecule has 2 N–H and O–H groups in total. The monoisotopic (exact) mass is 381 g/mol. The van der Waals surface area contributed by atoms with Gasteiger partial charge in [0.15, 0.2) is 0 Å². The molecule has 0 saturated heterocycles. The average Bonchev–Trinajstić information content (AvgIpc) is 2.42. The predicted octanol–water partition coefficient (Wildman–Crippen LogP) is 4.37. The summed E-state index contributed by atoms with van der Waals surface area (Å²) in [4.78, 5) is 12.1. The first-order valence-electron chi connectivity index (χ1n) is 6.37. The van der Waals surface area contributed by atoms with Gasteiger partial charge < -0.3 is 10.4 Å². The Bertz CT molecular complexity index is 621. The molecule has 0 radical (unpaired) electrons. The van der Waals surface area contributed by atoms with E-state index in [9.17, 15) is 9.90 Å². The molecule has 0 aliphatic heterocycles. The summed E-state index contributed by atoms with van der Waals surface area (Å²) in [5.74, 6) is 0.357. The zero-order chi connectivity index (χ0) is 14.7. The topological polar surface area (TPSA) is 49.3 Å². The number of phenolic OH excluding ortho intramolecular Hbond substituents is 1. The number of phenols is 1. The largest absolute Gasteiger partial charge is 0.507 e. The summed E-state index contributed by atoms with van der Waals surface area (Å²) in [6.07, 6.45) is 0. The van der Waals surface area contributed by atoms with Crippen molar-refractivity contribution in [1.82, 2.24) is 0 Å². The number of amides is 1. The molecule has 0 unspecified atom stereocenters. The van der Waals surface area contributed by atoms with Gasteiger partial charge in [0.25, 0.3) is 5.91 Å². The van der Waals surface area contributed by atoms with Gasteiger partial charge in [0, 0.05) is 11.3 Å². The first kappa shape index (κ1) is 14.8. The van der Waals surface area contributed by atoms with Crippen LogP contribution in [0.1, 0.15) is 35.7 Å². The van der Waals surface area contributed by atoms with Crippen LogP contribution in [0, 0.1) is 3.57 Å². The van der Waals surface area contributed by atoms with Crippen molar-refractivity contribution in [2.75, 3.05) is 5.32 Å². The molecular weight excluding hydrogens is 365 g/mol. The Balaban J connectivity index is 2.12. The minimum Gasteiger partial charge on any atom is -0.507 e. The molecule has 0 spiro atoms. The van der Waals surface area contributed by atoms with Crippen LogP contribution in [0.5, 0.6) is 5.75 Å². The number of carbonyl (C=O) groups is 1. The molecule has 0 aliphatic carbocycles. The number of anilines is 1. The third-order valence-electron chi connectivity index (χ3n) is 3.04. The van der Waals surface area contributed by atoms with Crippen LogP contribution in [-0.2, 0) is 0 Å². The fourth-order valence-electron chi connectivity index (χ4n) is 1.81.